The van der Waals surface area contributed by atoms with Gasteiger partial charge in [0, 0.05) is 16.8 Å². The van der Waals surface area contributed by atoms with Gasteiger partial charge in [-0.15, -0.1) is 0 Å². The number of carbonyl (C=O) groups is 1. The van der Waals surface area contributed by atoms with Crippen LogP contribution in [0.3, 0.4) is 0 Å². The molecular weight excluding hydrogens is 212 g/mol. The zero-order valence-electron chi connectivity index (χ0n) is 8.53. The first-order valence-corrected chi connectivity index (χ1v) is 5.19. The van der Waals surface area contributed by atoms with Gasteiger partial charge in [-0.25, -0.2) is 5.43 Å². The van der Waals surface area contributed by atoms with Crippen molar-refractivity contribution >= 4 is 23.7 Å². The molecule has 0 heterocycles. The Morgan fingerprint density at radius 2 is 2.13 bits per heavy atom. The molecule has 0 aliphatic carbocycles. The Morgan fingerprint density at radius 3 is 2.73 bits per heavy atom. The molecule has 0 spiro atoms. The van der Waals surface area contributed by atoms with Crippen LogP contribution in [0.25, 0.3) is 0 Å². The predicted octanol–water partition coefficient (Wildman–Crippen LogP) is 2.86. The maximum atomic E-state index is 11.5. The van der Waals surface area contributed by atoms with E-state index in [1.165, 1.54) is 0 Å². The van der Waals surface area contributed by atoms with Gasteiger partial charge in [0.25, 0.3) is 5.91 Å². The Morgan fingerprint density at radius 1 is 1.47 bits per heavy atom. The van der Waals surface area contributed by atoms with Crippen molar-refractivity contribution in [3.8, 4) is 0 Å². The van der Waals surface area contributed by atoms with Gasteiger partial charge in [-0.05, 0) is 30.7 Å². The maximum Gasteiger partial charge on any atom is 0.271 e. The highest BCUT2D eigenvalue weighted by Crippen LogP contribution is 2.09. The lowest BCUT2D eigenvalue weighted by molar-refractivity contribution is 0.0955. The Labute approximate surface area is 94.1 Å². The van der Waals surface area contributed by atoms with Gasteiger partial charge in [0.2, 0.25) is 0 Å². The van der Waals surface area contributed by atoms with Crippen LogP contribution in [-0.4, -0.2) is 12.1 Å². The Balaban J connectivity index is 2.50. The third-order valence-corrected chi connectivity index (χ3v) is 2.03. The first-order valence-electron chi connectivity index (χ1n) is 4.81. The van der Waals surface area contributed by atoms with Gasteiger partial charge in [0.1, 0.15) is 0 Å². The van der Waals surface area contributed by atoms with E-state index in [0.717, 1.165) is 12.8 Å². The highest BCUT2D eigenvalue weighted by Gasteiger charge is 2.02. The highest BCUT2D eigenvalue weighted by atomic mass is 35.5. The number of halogens is 1. The Hall–Kier alpha value is -1.35. The molecule has 0 saturated heterocycles. The summed E-state index contributed by atoms with van der Waals surface area (Å²) in [6, 6.07) is 6.67. The molecular formula is C11H13ClN2O. The lowest BCUT2D eigenvalue weighted by Gasteiger charge is -1.99. The fourth-order valence-corrected chi connectivity index (χ4v) is 1.09. The molecule has 0 fully saturated rings. The molecule has 80 valence electrons. The van der Waals surface area contributed by atoms with Crippen molar-refractivity contribution in [1.82, 2.24) is 5.43 Å². The van der Waals surface area contributed by atoms with Gasteiger partial charge in [-0.1, -0.05) is 24.9 Å². The van der Waals surface area contributed by atoms with E-state index in [9.17, 15) is 4.79 Å². The molecule has 0 aromatic heterocycles. The minimum Gasteiger partial charge on any atom is -0.267 e. The van der Waals surface area contributed by atoms with Crippen molar-refractivity contribution in [1.29, 1.82) is 0 Å². The number of nitrogens with one attached hydrogen (secondary N) is 1. The lowest BCUT2D eigenvalue weighted by atomic mass is 10.2. The molecule has 3 nitrogen and oxygen atoms in total. The SMILES string of the molecule is CCCC=NNC(=O)c1ccc(Cl)cc1. The van der Waals surface area contributed by atoms with Crippen LogP contribution in [0.5, 0.6) is 0 Å². The smallest absolute Gasteiger partial charge is 0.267 e. The van der Waals surface area contributed by atoms with Crippen LogP contribution >= 0.6 is 11.6 Å². The van der Waals surface area contributed by atoms with Crippen LogP contribution in [0, 0.1) is 0 Å². The second-order valence-corrected chi connectivity index (χ2v) is 3.48. The number of rotatable bonds is 4. The van der Waals surface area contributed by atoms with Crippen LogP contribution in [0.2, 0.25) is 5.02 Å². The van der Waals surface area contributed by atoms with E-state index < -0.39 is 0 Å². The van der Waals surface area contributed by atoms with E-state index in [2.05, 4.69) is 10.5 Å². The van der Waals surface area contributed by atoms with Crippen molar-refractivity contribution in [2.45, 2.75) is 19.8 Å². The summed E-state index contributed by atoms with van der Waals surface area (Å²) in [6.07, 6.45) is 3.56. The minimum atomic E-state index is -0.223. The first kappa shape index (κ1) is 11.7. The first-order chi connectivity index (χ1) is 7.24. The summed E-state index contributed by atoms with van der Waals surface area (Å²) in [5.74, 6) is -0.223. The van der Waals surface area contributed by atoms with Crippen LogP contribution < -0.4 is 5.43 Å². The minimum absolute atomic E-state index is 0.223. The maximum absolute atomic E-state index is 11.5. The predicted molar refractivity (Wildman–Crippen MR) is 62.3 cm³/mol. The molecule has 1 rings (SSSR count). The van der Waals surface area contributed by atoms with E-state index in [1.54, 1.807) is 30.5 Å². The zero-order chi connectivity index (χ0) is 11.1. The van der Waals surface area contributed by atoms with E-state index in [1.807, 2.05) is 6.92 Å². The van der Waals surface area contributed by atoms with Gasteiger partial charge < -0.3 is 0 Å². The molecule has 1 N–H and O–H groups in total. The van der Waals surface area contributed by atoms with Gasteiger partial charge in [-0.3, -0.25) is 4.79 Å². The van der Waals surface area contributed by atoms with E-state index in [-0.39, 0.29) is 5.91 Å². The second-order valence-electron chi connectivity index (χ2n) is 3.05. The van der Waals surface area contributed by atoms with Crippen molar-refractivity contribution in [3.05, 3.63) is 34.9 Å². The van der Waals surface area contributed by atoms with Gasteiger partial charge in [0.15, 0.2) is 0 Å². The zero-order valence-corrected chi connectivity index (χ0v) is 9.29. The molecule has 0 atom stereocenters. The molecule has 0 unspecified atom stereocenters. The fourth-order valence-electron chi connectivity index (χ4n) is 0.964. The third kappa shape index (κ3) is 4.13. The van der Waals surface area contributed by atoms with Crippen LogP contribution in [0.4, 0.5) is 0 Å². The molecule has 0 bridgehead atoms. The molecule has 4 heteroatoms. The summed E-state index contributed by atoms with van der Waals surface area (Å²) in [4.78, 5) is 11.5. The number of unbranched alkanes of at least 4 members (excludes halogenated alkanes) is 1. The van der Waals surface area contributed by atoms with Crippen LogP contribution in [0.15, 0.2) is 29.4 Å². The van der Waals surface area contributed by atoms with Gasteiger partial charge >= 0.3 is 0 Å². The quantitative estimate of drug-likeness (QED) is 0.620. The van der Waals surface area contributed by atoms with Gasteiger partial charge in [0.05, 0.1) is 0 Å². The number of benzene rings is 1. The summed E-state index contributed by atoms with van der Waals surface area (Å²) in [5, 5.41) is 4.41. The molecule has 0 radical (unpaired) electrons. The van der Waals surface area contributed by atoms with Crippen molar-refractivity contribution in [2.75, 3.05) is 0 Å². The molecule has 0 aliphatic rings. The second kappa shape index (κ2) is 6.19. The largest absolute Gasteiger partial charge is 0.271 e. The number of hydrogen-bond donors (Lipinski definition) is 1. The number of hydrogen-bond acceptors (Lipinski definition) is 2. The normalized spacial score (nSPS) is 10.5. The average Bonchev–Trinajstić information content (AvgIpc) is 2.25. The number of carbonyl (C=O) groups excluding carboxylic acids is 1. The van der Waals surface area contributed by atoms with Crippen molar-refractivity contribution in [3.63, 3.8) is 0 Å². The fraction of sp³-hybridized carbons (Fsp3) is 0.273. The summed E-state index contributed by atoms with van der Waals surface area (Å²) < 4.78 is 0. The number of amides is 1. The molecule has 15 heavy (non-hydrogen) atoms. The van der Waals surface area contributed by atoms with Gasteiger partial charge in [-0.2, -0.15) is 5.10 Å². The monoisotopic (exact) mass is 224 g/mol. The molecule has 1 aromatic rings. The van der Waals surface area contributed by atoms with Crippen LogP contribution in [0.1, 0.15) is 30.1 Å². The number of nitrogens with zero attached hydrogens (tertiary/aromatic N) is 1. The number of hydrazone groups is 1. The van der Waals surface area contributed by atoms with E-state index in [0.29, 0.717) is 10.6 Å². The molecule has 1 aromatic carbocycles. The Kier molecular flexibility index (Phi) is 4.84. The van der Waals surface area contributed by atoms with E-state index in [4.69, 9.17) is 11.6 Å². The highest BCUT2D eigenvalue weighted by molar-refractivity contribution is 6.30. The standard InChI is InChI=1S/C11H13ClN2O/c1-2-3-8-13-14-11(15)9-4-6-10(12)7-5-9/h4-8H,2-3H2,1H3,(H,14,15). The molecule has 0 aliphatic heterocycles. The topological polar surface area (TPSA) is 41.5 Å². The van der Waals surface area contributed by atoms with Crippen molar-refractivity contribution < 1.29 is 4.79 Å². The van der Waals surface area contributed by atoms with Crippen molar-refractivity contribution in [2.24, 2.45) is 5.10 Å². The molecule has 1 amide bonds. The van der Waals surface area contributed by atoms with Crippen LogP contribution in [-0.2, 0) is 0 Å². The average molecular weight is 225 g/mol. The third-order valence-electron chi connectivity index (χ3n) is 1.78. The van der Waals surface area contributed by atoms with E-state index >= 15 is 0 Å². The summed E-state index contributed by atoms with van der Waals surface area (Å²) in [5.41, 5.74) is 2.99. The summed E-state index contributed by atoms with van der Waals surface area (Å²) in [6.45, 7) is 2.05. The lowest BCUT2D eigenvalue weighted by Crippen LogP contribution is -2.17. The Bertz CT molecular complexity index is 346. The summed E-state index contributed by atoms with van der Waals surface area (Å²) in [7, 11) is 0. The summed E-state index contributed by atoms with van der Waals surface area (Å²) >= 11 is 5.70. The molecule has 0 saturated carbocycles.